The average molecular weight is 621 g/mol. The Morgan fingerprint density at radius 1 is 0.426 bits per heavy atom. The van der Waals surface area contributed by atoms with Crippen LogP contribution in [0.3, 0.4) is 0 Å². The van der Waals surface area contributed by atoms with Crippen LogP contribution in [0.5, 0.6) is 11.5 Å². The molecule has 4 heteroatoms. The summed E-state index contributed by atoms with van der Waals surface area (Å²) in [5.41, 5.74) is 11.1. The van der Waals surface area contributed by atoms with E-state index in [-0.39, 0.29) is 0 Å². The Morgan fingerprint density at radius 2 is 1.00 bits per heavy atom. The fourth-order valence-corrected chi connectivity index (χ4v) is 8.94. The quantitative estimate of drug-likeness (QED) is 0.191. The molecule has 0 radical (unpaired) electrons. The molecule has 2 aliphatic heterocycles. The van der Waals surface area contributed by atoms with Gasteiger partial charge in [0.15, 0.2) is 11.5 Å². The number of hydrogen-bond acceptors (Lipinski definition) is 4. The van der Waals surface area contributed by atoms with E-state index in [2.05, 4.69) is 174 Å². The largest absolute Gasteiger partial charge is 0.453 e. The Balaban J connectivity index is 1.29. The second kappa shape index (κ2) is 10.1. The number of ether oxygens (including phenoxy) is 1. The summed E-state index contributed by atoms with van der Waals surface area (Å²) in [6, 6.07) is 61.2. The molecule has 1 aliphatic carbocycles. The third-order valence-corrected chi connectivity index (χ3v) is 10.8. The van der Waals surface area contributed by atoms with E-state index in [1.807, 2.05) is 17.8 Å². The van der Waals surface area contributed by atoms with Crippen molar-refractivity contribution in [2.75, 3.05) is 9.80 Å². The predicted molar refractivity (Wildman–Crippen MR) is 192 cm³/mol. The van der Waals surface area contributed by atoms with E-state index >= 15 is 0 Å². The molecule has 7 aromatic carbocycles. The molecule has 0 fully saturated rings. The lowest BCUT2D eigenvalue weighted by atomic mass is 9.78. The molecule has 0 aromatic heterocycles. The van der Waals surface area contributed by atoms with Crippen LogP contribution in [0.15, 0.2) is 180 Å². The summed E-state index contributed by atoms with van der Waals surface area (Å²) in [4.78, 5) is 7.35. The Hall–Kier alpha value is -5.71. The molecule has 0 saturated heterocycles. The molecular formula is C43H28N2OS. The van der Waals surface area contributed by atoms with Gasteiger partial charge in [-0.2, -0.15) is 0 Å². The highest BCUT2D eigenvalue weighted by Crippen LogP contribution is 2.63. The summed E-state index contributed by atoms with van der Waals surface area (Å²) in [6.07, 6.45) is 0. The summed E-state index contributed by atoms with van der Waals surface area (Å²) >= 11 is 1.85. The van der Waals surface area contributed by atoms with Gasteiger partial charge in [-0.15, -0.1) is 0 Å². The highest BCUT2D eigenvalue weighted by Gasteiger charge is 2.52. The fraction of sp³-hybridized carbons (Fsp3) is 0.0233. The third-order valence-electron chi connectivity index (χ3n) is 9.65. The molecule has 47 heavy (non-hydrogen) atoms. The van der Waals surface area contributed by atoms with Crippen LogP contribution < -0.4 is 14.5 Å². The van der Waals surface area contributed by atoms with Crippen molar-refractivity contribution < 1.29 is 4.74 Å². The minimum absolute atomic E-state index is 0.622. The van der Waals surface area contributed by atoms with E-state index in [0.717, 1.165) is 39.9 Å². The maximum Gasteiger partial charge on any atom is 0.153 e. The standard InChI is InChI=1S/C43H28N2OS/c1-2-14-29(15-3-1)44-36-21-9-11-23-39(36)46-40-28-30(26-27-37(40)44)45-38-22-10-13-25-42(38)47-41-24-12-8-20-35(41)43(45)33-18-6-4-16-31(33)32-17-5-7-19-34(32)43/h1-28H. The number of hydrogen-bond donors (Lipinski definition) is 0. The zero-order valence-corrected chi connectivity index (χ0v) is 26.2. The highest BCUT2D eigenvalue weighted by atomic mass is 32.2. The summed E-state index contributed by atoms with van der Waals surface area (Å²) in [6.45, 7) is 0. The van der Waals surface area contributed by atoms with E-state index < -0.39 is 5.54 Å². The van der Waals surface area contributed by atoms with Crippen LogP contribution in [0.4, 0.5) is 28.4 Å². The first-order valence-corrected chi connectivity index (χ1v) is 16.8. The Bertz CT molecular complexity index is 2300. The van der Waals surface area contributed by atoms with Gasteiger partial charge in [0, 0.05) is 32.8 Å². The molecule has 0 saturated carbocycles. The van der Waals surface area contributed by atoms with Gasteiger partial charge in [0.1, 0.15) is 5.54 Å². The number of benzene rings is 7. The van der Waals surface area contributed by atoms with E-state index in [1.54, 1.807) is 0 Å². The minimum Gasteiger partial charge on any atom is -0.453 e. The van der Waals surface area contributed by atoms with Crippen LogP contribution >= 0.6 is 11.8 Å². The molecule has 1 spiro atoms. The second-order valence-electron chi connectivity index (χ2n) is 12.1. The van der Waals surface area contributed by atoms with Crippen LogP contribution in [0.1, 0.15) is 16.7 Å². The van der Waals surface area contributed by atoms with Crippen LogP contribution in [0.2, 0.25) is 0 Å². The zero-order chi connectivity index (χ0) is 31.0. The smallest absolute Gasteiger partial charge is 0.153 e. The van der Waals surface area contributed by atoms with Crippen molar-refractivity contribution in [3.8, 4) is 22.6 Å². The fourth-order valence-electron chi connectivity index (χ4n) is 7.82. The van der Waals surface area contributed by atoms with Crippen LogP contribution in [0, 0.1) is 0 Å². The molecule has 0 amide bonds. The summed E-state index contributed by atoms with van der Waals surface area (Å²) in [7, 11) is 0. The first-order chi connectivity index (χ1) is 23.3. The van der Waals surface area contributed by atoms with Gasteiger partial charge < -0.3 is 14.5 Å². The third kappa shape index (κ3) is 3.70. The van der Waals surface area contributed by atoms with Gasteiger partial charge in [-0.05, 0) is 76.9 Å². The zero-order valence-electron chi connectivity index (χ0n) is 25.4. The Morgan fingerprint density at radius 3 is 1.77 bits per heavy atom. The van der Waals surface area contributed by atoms with Crippen molar-refractivity contribution in [2.45, 2.75) is 15.3 Å². The molecule has 3 aliphatic rings. The molecular weight excluding hydrogens is 593 g/mol. The monoisotopic (exact) mass is 620 g/mol. The molecule has 222 valence electrons. The number of para-hydroxylation sites is 4. The summed E-state index contributed by atoms with van der Waals surface area (Å²) in [5, 5.41) is 0. The van der Waals surface area contributed by atoms with E-state index in [4.69, 9.17) is 4.74 Å². The molecule has 0 N–H and O–H groups in total. The van der Waals surface area contributed by atoms with Crippen molar-refractivity contribution in [1.29, 1.82) is 0 Å². The van der Waals surface area contributed by atoms with E-state index in [9.17, 15) is 0 Å². The van der Waals surface area contributed by atoms with Crippen molar-refractivity contribution in [3.05, 3.63) is 187 Å². The number of nitrogens with zero attached hydrogens (tertiary/aromatic N) is 2. The molecule has 0 atom stereocenters. The van der Waals surface area contributed by atoms with Crippen molar-refractivity contribution >= 4 is 40.2 Å². The highest BCUT2D eigenvalue weighted by molar-refractivity contribution is 7.99. The molecule has 0 unspecified atom stereocenters. The molecule has 0 bridgehead atoms. The number of rotatable bonds is 2. The first-order valence-electron chi connectivity index (χ1n) is 15.9. The second-order valence-corrected chi connectivity index (χ2v) is 13.2. The van der Waals surface area contributed by atoms with Gasteiger partial charge in [-0.1, -0.05) is 121 Å². The van der Waals surface area contributed by atoms with Crippen molar-refractivity contribution in [3.63, 3.8) is 0 Å². The minimum atomic E-state index is -0.622. The van der Waals surface area contributed by atoms with Gasteiger partial charge in [0.25, 0.3) is 0 Å². The van der Waals surface area contributed by atoms with Crippen LogP contribution in [-0.4, -0.2) is 0 Å². The van der Waals surface area contributed by atoms with E-state index in [1.165, 1.54) is 37.6 Å². The Labute approximate surface area is 278 Å². The van der Waals surface area contributed by atoms with Gasteiger partial charge in [-0.3, -0.25) is 0 Å². The lowest BCUT2D eigenvalue weighted by molar-refractivity contribution is 0.476. The van der Waals surface area contributed by atoms with Crippen molar-refractivity contribution in [1.82, 2.24) is 0 Å². The van der Waals surface area contributed by atoms with Crippen LogP contribution in [0.25, 0.3) is 11.1 Å². The van der Waals surface area contributed by atoms with E-state index in [0.29, 0.717) is 0 Å². The van der Waals surface area contributed by atoms with Gasteiger partial charge in [-0.25, -0.2) is 0 Å². The lowest BCUT2D eigenvalue weighted by Gasteiger charge is -2.45. The topological polar surface area (TPSA) is 15.7 Å². The van der Waals surface area contributed by atoms with Crippen molar-refractivity contribution in [2.24, 2.45) is 0 Å². The van der Waals surface area contributed by atoms with Gasteiger partial charge in [0.05, 0.1) is 17.1 Å². The lowest BCUT2D eigenvalue weighted by Crippen LogP contribution is -2.44. The average Bonchev–Trinajstić information content (AvgIpc) is 3.34. The molecule has 7 aromatic rings. The van der Waals surface area contributed by atoms with Gasteiger partial charge >= 0.3 is 0 Å². The van der Waals surface area contributed by atoms with Crippen LogP contribution in [-0.2, 0) is 5.54 Å². The normalized spacial score (nSPS) is 14.6. The maximum absolute atomic E-state index is 6.77. The Kier molecular flexibility index (Phi) is 5.72. The summed E-state index contributed by atoms with van der Waals surface area (Å²) in [5.74, 6) is 1.66. The molecule has 2 heterocycles. The van der Waals surface area contributed by atoms with Gasteiger partial charge in [0.2, 0.25) is 0 Å². The molecule has 3 nitrogen and oxygen atoms in total. The number of fused-ring (bicyclic) bond motifs is 10. The maximum atomic E-state index is 6.77. The first kappa shape index (κ1) is 26.5. The SMILES string of the molecule is c1ccc(N2c3ccccc3Oc3cc(N4c5ccccc5Sc5ccccc5C45c4ccccc4-c4ccccc45)ccc32)cc1. The predicted octanol–water partition coefficient (Wildman–Crippen LogP) is 11.8. The number of anilines is 5. The summed E-state index contributed by atoms with van der Waals surface area (Å²) < 4.78 is 6.77. The molecule has 10 rings (SSSR count).